The highest BCUT2D eigenvalue weighted by molar-refractivity contribution is 5.99. The van der Waals surface area contributed by atoms with Gasteiger partial charge in [-0.15, -0.1) is 0 Å². The van der Waals surface area contributed by atoms with Crippen LogP contribution in [0.4, 0.5) is 16.3 Å². The van der Waals surface area contributed by atoms with Crippen LogP contribution in [0.2, 0.25) is 0 Å². The monoisotopic (exact) mass is 229 g/mol. The van der Waals surface area contributed by atoms with Gasteiger partial charge in [-0.2, -0.15) is 0 Å². The maximum absolute atomic E-state index is 11.5. The van der Waals surface area contributed by atoms with E-state index in [-0.39, 0.29) is 5.75 Å². The molecule has 0 unspecified atom stereocenters. The number of nitrogens with one attached hydrogen (secondary N) is 2. The number of benzene rings is 1. The van der Waals surface area contributed by atoms with Crippen molar-refractivity contribution in [1.82, 2.24) is 4.98 Å². The third-order valence-corrected chi connectivity index (χ3v) is 2.01. The van der Waals surface area contributed by atoms with Gasteiger partial charge < -0.3 is 10.4 Å². The van der Waals surface area contributed by atoms with Crippen LogP contribution in [0.1, 0.15) is 0 Å². The molecule has 5 nitrogen and oxygen atoms in total. The lowest BCUT2D eigenvalue weighted by atomic mass is 10.3. The molecule has 2 amide bonds. The summed E-state index contributed by atoms with van der Waals surface area (Å²) in [6.07, 6.45) is 1.59. The number of aromatic hydroxyl groups is 1. The first-order valence-electron chi connectivity index (χ1n) is 5.02. The van der Waals surface area contributed by atoms with Crippen LogP contribution in [0.3, 0.4) is 0 Å². The summed E-state index contributed by atoms with van der Waals surface area (Å²) in [5.74, 6) is 0.561. The highest BCUT2D eigenvalue weighted by atomic mass is 16.3. The number of hydrogen-bond donors (Lipinski definition) is 3. The molecular weight excluding hydrogens is 218 g/mol. The number of rotatable bonds is 2. The summed E-state index contributed by atoms with van der Waals surface area (Å²) in [5.41, 5.74) is 0.512. The second kappa shape index (κ2) is 4.98. The molecule has 1 aromatic carbocycles. The van der Waals surface area contributed by atoms with Crippen LogP contribution in [0, 0.1) is 0 Å². The van der Waals surface area contributed by atoms with Crippen LogP contribution >= 0.6 is 0 Å². The fourth-order valence-corrected chi connectivity index (χ4v) is 1.30. The Labute approximate surface area is 98.1 Å². The number of urea groups is 1. The number of amides is 2. The van der Waals surface area contributed by atoms with Crippen molar-refractivity contribution in [3.05, 3.63) is 48.7 Å². The third-order valence-electron chi connectivity index (χ3n) is 2.01. The van der Waals surface area contributed by atoms with Crippen molar-refractivity contribution in [2.75, 3.05) is 10.6 Å². The van der Waals surface area contributed by atoms with Crippen LogP contribution in [0.5, 0.6) is 5.75 Å². The van der Waals surface area contributed by atoms with E-state index in [2.05, 4.69) is 15.6 Å². The van der Waals surface area contributed by atoms with Crippen LogP contribution in [-0.2, 0) is 0 Å². The summed E-state index contributed by atoms with van der Waals surface area (Å²) in [6, 6.07) is 11.1. The van der Waals surface area contributed by atoms with Gasteiger partial charge in [0.15, 0.2) is 0 Å². The molecule has 1 heterocycles. The van der Waals surface area contributed by atoms with E-state index in [0.717, 1.165) is 0 Å². The number of anilines is 2. The van der Waals surface area contributed by atoms with E-state index in [1.807, 2.05) is 0 Å². The summed E-state index contributed by atoms with van der Waals surface area (Å²) in [5, 5.41) is 14.4. The Hall–Kier alpha value is -2.56. The second-order valence-corrected chi connectivity index (χ2v) is 3.34. The molecule has 0 aliphatic carbocycles. The van der Waals surface area contributed by atoms with E-state index in [1.54, 1.807) is 36.5 Å². The van der Waals surface area contributed by atoms with Gasteiger partial charge in [-0.05, 0) is 24.3 Å². The standard InChI is InChI=1S/C12H11N3O2/c16-10-5-3-4-9(8-10)14-12(17)15-11-6-1-2-7-13-11/h1-8,16H,(H2,13,14,15,17). The third kappa shape index (κ3) is 3.20. The van der Waals surface area contributed by atoms with Crippen molar-refractivity contribution < 1.29 is 9.90 Å². The summed E-state index contributed by atoms with van der Waals surface area (Å²) in [6.45, 7) is 0. The number of phenolic OH excluding ortho intramolecular Hbond substituents is 1. The minimum Gasteiger partial charge on any atom is -0.508 e. The molecule has 1 aromatic heterocycles. The predicted octanol–water partition coefficient (Wildman–Crippen LogP) is 2.43. The lowest BCUT2D eigenvalue weighted by molar-refractivity contribution is 0.262. The summed E-state index contributed by atoms with van der Waals surface area (Å²) in [4.78, 5) is 15.5. The van der Waals surface area contributed by atoms with Crippen LogP contribution in [0.15, 0.2) is 48.7 Å². The zero-order valence-electron chi connectivity index (χ0n) is 8.92. The lowest BCUT2D eigenvalue weighted by Crippen LogP contribution is -2.19. The lowest BCUT2D eigenvalue weighted by Gasteiger charge is -2.06. The van der Waals surface area contributed by atoms with Crippen molar-refractivity contribution >= 4 is 17.5 Å². The molecule has 0 spiro atoms. The number of nitrogens with zero attached hydrogens (tertiary/aromatic N) is 1. The summed E-state index contributed by atoms with van der Waals surface area (Å²) in [7, 11) is 0. The zero-order chi connectivity index (χ0) is 12.1. The molecule has 17 heavy (non-hydrogen) atoms. The minimum atomic E-state index is -0.408. The van der Waals surface area contributed by atoms with E-state index in [0.29, 0.717) is 11.5 Å². The molecule has 0 atom stereocenters. The van der Waals surface area contributed by atoms with Gasteiger partial charge in [-0.1, -0.05) is 12.1 Å². The molecule has 86 valence electrons. The number of hydrogen-bond acceptors (Lipinski definition) is 3. The molecular formula is C12H11N3O2. The molecule has 0 saturated carbocycles. The van der Waals surface area contributed by atoms with Gasteiger partial charge in [0.1, 0.15) is 11.6 Å². The van der Waals surface area contributed by atoms with Gasteiger partial charge >= 0.3 is 6.03 Å². The maximum atomic E-state index is 11.5. The van der Waals surface area contributed by atoms with Gasteiger partial charge in [0, 0.05) is 18.0 Å². The number of pyridine rings is 1. The van der Waals surface area contributed by atoms with Gasteiger partial charge in [-0.25, -0.2) is 9.78 Å². The number of carbonyl (C=O) groups is 1. The van der Waals surface area contributed by atoms with E-state index >= 15 is 0 Å². The first kappa shape index (κ1) is 10.9. The first-order chi connectivity index (χ1) is 8.24. The Morgan fingerprint density at radius 1 is 1.12 bits per heavy atom. The van der Waals surface area contributed by atoms with Crippen molar-refractivity contribution in [1.29, 1.82) is 0 Å². The minimum absolute atomic E-state index is 0.0978. The SMILES string of the molecule is O=C(Nc1cccc(O)c1)Nc1ccccn1. The van der Waals surface area contributed by atoms with Crippen molar-refractivity contribution in [2.45, 2.75) is 0 Å². The largest absolute Gasteiger partial charge is 0.508 e. The fraction of sp³-hybridized carbons (Fsp3) is 0. The summed E-state index contributed by atoms with van der Waals surface area (Å²) < 4.78 is 0. The van der Waals surface area contributed by atoms with Gasteiger partial charge in [0.25, 0.3) is 0 Å². The Morgan fingerprint density at radius 2 is 2.00 bits per heavy atom. The molecule has 5 heteroatoms. The Balaban J connectivity index is 1.98. The fourth-order valence-electron chi connectivity index (χ4n) is 1.30. The van der Waals surface area contributed by atoms with E-state index < -0.39 is 6.03 Å². The van der Waals surface area contributed by atoms with E-state index in [1.165, 1.54) is 12.1 Å². The van der Waals surface area contributed by atoms with Gasteiger partial charge in [0.2, 0.25) is 0 Å². The van der Waals surface area contributed by atoms with Crippen molar-refractivity contribution in [3.8, 4) is 5.75 Å². The molecule has 0 fully saturated rings. The number of carbonyl (C=O) groups excluding carboxylic acids is 1. The first-order valence-corrected chi connectivity index (χ1v) is 5.02. The summed E-state index contributed by atoms with van der Waals surface area (Å²) >= 11 is 0. The number of phenols is 1. The van der Waals surface area contributed by atoms with E-state index in [4.69, 9.17) is 0 Å². The van der Waals surface area contributed by atoms with Gasteiger partial charge in [-0.3, -0.25) is 5.32 Å². The molecule has 2 rings (SSSR count). The normalized spacial score (nSPS) is 9.65. The molecule has 2 aromatic rings. The van der Waals surface area contributed by atoms with Crippen LogP contribution in [-0.4, -0.2) is 16.1 Å². The Morgan fingerprint density at radius 3 is 2.71 bits per heavy atom. The molecule has 0 radical (unpaired) electrons. The molecule has 0 saturated heterocycles. The van der Waals surface area contributed by atoms with E-state index in [9.17, 15) is 9.90 Å². The van der Waals surface area contributed by atoms with Crippen molar-refractivity contribution in [3.63, 3.8) is 0 Å². The second-order valence-electron chi connectivity index (χ2n) is 3.34. The highest BCUT2D eigenvalue weighted by Gasteiger charge is 2.02. The zero-order valence-corrected chi connectivity index (χ0v) is 8.92. The molecule has 3 N–H and O–H groups in total. The molecule has 0 bridgehead atoms. The van der Waals surface area contributed by atoms with Crippen molar-refractivity contribution in [2.24, 2.45) is 0 Å². The smallest absolute Gasteiger partial charge is 0.324 e. The Bertz CT molecular complexity index is 514. The quantitative estimate of drug-likeness (QED) is 0.740. The molecule has 0 aliphatic heterocycles. The number of aromatic nitrogens is 1. The maximum Gasteiger partial charge on any atom is 0.324 e. The average molecular weight is 229 g/mol. The van der Waals surface area contributed by atoms with Gasteiger partial charge in [0.05, 0.1) is 0 Å². The Kier molecular flexibility index (Phi) is 3.20. The van der Waals surface area contributed by atoms with Crippen LogP contribution in [0.25, 0.3) is 0 Å². The average Bonchev–Trinajstić information content (AvgIpc) is 2.30. The molecule has 0 aliphatic rings. The predicted molar refractivity (Wildman–Crippen MR) is 65.0 cm³/mol. The van der Waals surface area contributed by atoms with Crippen LogP contribution < -0.4 is 10.6 Å². The highest BCUT2D eigenvalue weighted by Crippen LogP contribution is 2.15. The topological polar surface area (TPSA) is 74.2 Å².